The average molecular weight is 330 g/mol. The molecule has 1 N–H and O–H groups in total. The first-order chi connectivity index (χ1) is 9.03. The van der Waals surface area contributed by atoms with Crippen LogP contribution in [-0.4, -0.2) is 33.8 Å². The number of carbonyl (C=O) groups is 1. The number of amides is 1. The number of carbonyl (C=O) groups excluding carboxylic acids is 1. The molecule has 6 heteroatoms. The van der Waals surface area contributed by atoms with Gasteiger partial charge in [0.15, 0.2) is 11.5 Å². The highest BCUT2D eigenvalue weighted by atomic mass is 79.9. The fourth-order valence-electron chi connectivity index (χ4n) is 1.48. The van der Waals surface area contributed by atoms with Crippen molar-refractivity contribution in [2.45, 2.75) is 0 Å². The Morgan fingerprint density at radius 1 is 1.16 bits per heavy atom. The lowest BCUT2D eigenvalue weighted by Gasteiger charge is -2.13. The normalized spacial score (nSPS) is 9.68. The van der Waals surface area contributed by atoms with E-state index < -0.39 is 0 Å². The van der Waals surface area contributed by atoms with Crippen molar-refractivity contribution in [2.75, 3.05) is 27.9 Å². The average Bonchev–Trinajstić information content (AvgIpc) is 2.42. The molecule has 1 aromatic rings. The molecule has 0 unspecified atom stereocenters. The minimum Gasteiger partial charge on any atom is -0.496 e. The van der Waals surface area contributed by atoms with Crippen molar-refractivity contribution >= 4 is 21.8 Å². The monoisotopic (exact) mass is 329 g/mol. The summed E-state index contributed by atoms with van der Waals surface area (Å²) in [4.78, 5) is 12.0. The van der Waals surface area contributed by atoms with E-state index in [9.17, 15) is 4.79 Å². The van der Waals surface area contributed by atoms with Gasteiger partial charge in [0.25, 0.3) is 5.91 Å². The van der Waals surface area contributed by atoms with Crippen molar-refractivity contribution in [1.29, 1.82) is 0 Å². The predicted molar refractivity (Wildman–Crippen MR) is 76.5 cm³/mol. The fraction of sp³-hybridized carbons (Fsp3) is 0.308. The number of methoxy groups -OCH3 is 3. The van der Waals surface area contributed by atoms with Crippen molar-refractivity contribution in [1.82, 2.24) is 5.32 Å². The van der Waals surface area contributed by atoms with Crippen LogP contribution in [0, 0.1) is 0 Å². The number of nitrogens with one attached hydrogen (secondary N) is 1. The van der Waals surface area contributed by atoms with Crippen LogP contribution in [0.5, 0.6) is 17.2 Å². The van der Waals surface area contributed by atoms with Gasteiger partial charge >= 0.3 is 0 Å². The lowest BCUT2D eigenvalue weighted by molar-refractivity contribution is 0.0954. The van der Waals surface area contributed by atoms with Gasteiger partial charge in [-0.15, -0.1) is 0 Å². The van der Waals surface area contributed by atoms with Crippen LogP contribution in [0.2, 0.25) is 0 Å². The number of hydrogen-bond donors (Lipinski definition) is 1. The molecule has 0 aliphatic heterocycles. The lowest BCUT2D eigenvalue weighted by Crippen LogP contribution is -2.25. The van der Waals surface area contributed by atoms with Crippen molar-refractivity contribution in [2.24, 2.45) is 0 Å². The Morgan fingerprint density at radius 3 is 2.16 bits per heavy atom. The number of benzene rings is 1. The third kappa shape index (κ3) is 3.89. The van der Waals surface area contributed by atoms with Gasteiger partial charge in [0.2, 0.25) is 0 Å². The van der Waals surface area contributed by atoms with Gasteiger partial charge < -0.3 is 19.5 Å². The van der Waals surface area contributed by atoms with Gasteiger partial charge in [-0.25, -0.2) is 0 Å². The van der Waals surface area contributed by atoms with E-state index in [-0.39, 0.29) is 5.91 Å². The van der Waals surface area contributed by atoms with Crippen molar-refractivity contribution < 1.29 is 19.0 Å². The third-order valence-corrected chi connectivity index (χ3v) is 2.67. The maximum atomic E-state index is 12.0. The van der Waals surface area contributed by atoms with Gasteiger partial charge in [-0.05, 0) is 0 Å². The summed E-state index contributed by atoms with van der Waals surface area (Å²) < 4.78 is 16.2. The molecular weight excluding hydrogens is 314 g/mol. The molecule has 0 spiro atoms. The van der Waals surface area contributed by atoms with Crippen molar-refractivity contribution in [3.63, 3.8) is 0 Å². The Bertz CT molecular complexity index is 488. The van der Waals surface area contributed by atoms with Crippen LogP contribution in [0.4, 0.5) is 0 Å². The molecule has 19 heavy (non-hydrogen) atoms. The van der Waals surface area contributed by atoms with Crippen LogP contribution in [0.25, 0.3) is 0 Å². The van der Waals surface area contributed by atoms with Crippen LogP contribution in [0.1, 0.15) is 10.4 Å². The molecule has 0 fully saturated rings. The van der Waals surface area contributed by atoms with Crippen molar-refractivity contribution in [3.05, 3.63) is 28.8 Å². The van der Waals surface area contributed by atoms with Crippen LogP contribution in [-0.2, 0) is 0 Å². The van der Waals surface area contributed by atoms with Crippen LogP contribution in [0.3, 0.4) is 0 Å². The van der Waals surface area contributed by atoms with E-state index in [0.29, 0.717) is 33.8 Å². The van der Waals surface area contributed by atoms with E-state index >= 15 is 0 Å². The highest BCUT2D eigenvalue weighted by Gasteiger charge is 2.17. The second-order valence-electron chi connectivity index (χ2n) is 3.61. The van der Waals surface area contributed by atoms with Crippen LogP contribution in [0.15, 0.2) is 23.2 Å². The molecule has 0 saturated carbocycles. The topological polar surface area (TPSA) is 56.8 Å². The number of hydrogen-bond acceptors (Lipinski definition) is 4. The Morgan fingerprint density at radius 2 is 1.68 bits per heavy atom. The standard InChI is InChI=1S/C13H16BrNO4/c1-8(14)7-15-13(16)9-5-11(18-3)12(19-4)6-10(9)17-2/h5-6H,1,7H2,2-4H3,(H,15,16). The second kappa shape index (κ2) is 7.04. The fourth-order valence-corrected chi connectivity index (χ4v) is 1.62. The maximum absolute atomic E-state index is 12.0. The van der Waals surface area contributed by atoms with Gasteiger partial charge in [-0.2, -0.15) is 0 Å². The second-order valence-corrected chi connectivity index (χ2v) is 4.73. The smallest absolute Gasteiger partial charge is 0.255 e. The molecule has 0 aromatic heterocycles. The van der Waals surface area contributed by atoms with E-state index in [0.717, 1.165) is 0 Å². The summed E-state index contributed by atoms with van der Waals surface area (Å²) in [5, 5.41) is 2.70. The quantitative estimate of drug-likeness (QED) is 0.870. The highest BCUT2D eigenvalue weighted by molar-refractivity contribution is 9.11. The first kappa shape index (κ1) is 15.4. The Hall–Kier alpha value is -1.69. The maximum Gasteiger partial charge on any atom is 0.255 e. The molecule has 0 heterocycles. The zero-order chi connectivity index (χ0) is 14.4. The SMILES string of the molecule is C=C(Br)CNC(=O)c1cc(OC)c(OC)cc1OC. The van der Waals surface area contributed by atoms with E-state index in [2.05, 4.69) is 27.8 Å². The number of ether oxygens (including phenoxy) is 3. The summed E-state index contributed by atoms with van der Waals surface area (Å²) in [6, 6.07) is 3.18. The zero-order valence-corrected chi connectivity index (χ0v) is 12.7. The zero-order valence-electron chi connectivity index (χ0n) is 11.1. The molecule has 0 bridgehead atoms. The highest BCUT2D eigenvalue weighted by Crippen LogP contribution is 2.34. The van der Waals surface area contributed by atoms with Gasteiger partial charge in [0.1, 0.15) is 5.75 Å². The first-order valence-electron chi connectivity index (χ1n) is 5.45. The molecule has 0 radical (unpaired) electrons. The number of halogens is 1. The van der Waals surface area contributed by atoms with Gasteiger partial charge in [0.05, 0.1) is 26.9 Å². The van der Waals surface area contributed by atoms with Gasteiger partial charge in [-0.1, -0.05) is 22.5 Å². The van der Waals surface area contributed by atoms with Crippen LogP contribution >= 0.6 is 15.9 Å². The summed E-state index contributed by atoms with van der Waals surface area (Å²) in [6.07, 6.45) is 0. The number of rotatable bonds is 6. The molecule has 104 valence electrons. The Balaban J connectivity index is 3.10. The molecule has 1 aromatic carbocycles. The van der Waals surface area contributed by atoms with Crippen LogP contribution < -0.4 is 19.5 Å². The van der Waals surface area contributed by atoms with E-state index in [1.54, 1.807) is 12.1 Å². The summed E-state index contributed by atoms with van der Waals surface area (Å²) >= 11 is 3.18. The Labute approximate surface area is 120 Å². The minimum atomic E-state index is -0.279. The lowest BCUT2D eigenvalue weighted by atomic mass is 10.1. The molecule has 0 atom stereocenters. The van der Waals surface area contributed by atoms with Gasteiger partial charge in [-0.3, -0.25) is 4.79 Å². The molecule has 0 aliphatic carbocycles. The molecule has 0 saturated heterocycles. The first-order valence-corrected chi connectivity index (χ1v) is 6.24. The summed E-state index contributed by atoms with van der Waals surface area (Å²) in [5.41, 5.74) is 0.369. The third-order valence-electron chi connectivity index (χ3n) is 2.39. The molecular formula is C13H16BrNO4. The van der Waals surface area contributed by atoms with E-state index in [4.69, 9.17) is 14.2 Å². The predicted octanol–water partition coefficient (Wildman–Crippen LogP) is 2.35. The largest absolute Gasteiger partial charge is 0.496 e. The molecule has 1 amide bonds. The van der Waals surface area contributed by atoms with E-state index in [1.165, 1.54) is 21.3 Å². The van der Waals surface area contributed by atoms with Crippen molar-refractivity contribution in [3.8, 4) is 17.2 Å². The molecule has 0 aliphatic rings. The molecule has 1 rings (SSSR count). The molecule has 5 nitrogen and oxygen atoms in total. The minimum absolute atomic E-state index is 0.279. The Kier molecular flexibility index (Phi) is 5.69. The van der Waals surface area contributed by atoms with Gasteiger partial charge in [0, 0.05) is 23.2 Å². The summed E-state index contributed by atoms with van der Waals surface area (Å²) in [7, 11) is 4.51. The van der Waals surface area contributed by atoms with E-state index in [1.807, 2.05) is 0 Å². The summed E-state index contributed by atoms with van der Waals surface area (Å²) in [5.74, 6) is 1.10. The summed E-state index contributed by atoms with van der Waals surface area (Å²) in [6.45, 7) is 3.98.